The first kappa shape index (κ1) is 22.4. The third kappa shape index (κ3) is 5.22. The van der Waals surface area contributed by atoms with Crippen LogP contribution < -0.4 is 21.3 Å². The van der Waals surface area contributed by atoms with Crippen LogP contribution >= 0.6 is 11.6 Å². The summed E-state index contributed by atoms with van der Waals surface area (Å²) >= 11 is 5.94. The second-order valence-electron chi connectivity index (χ2n) is 8.96. The number of fused-ring (bicyclic) bond motifs is 1. The van der Waals surface area contributed by atoms with Gasteiger partial charge in [-0.05, 0) is 50.7 Å². The Hall–Kier alpha value is -3.40. The van der Waals surface area contributed by atoms with Crippen molar-refractivity contribution >= 4 is 46.3 Å². The molecule has 11 heteroatoms. The average molecular weight is 483 g/mol. The molecule has 0 aromatic carbocycles. The minimum absolute atomic E-state index is 0.0132. The lowest BCUT2D eigenvalue weighted by molar-refractivity contribution is -0.119. The van der Waals surface area contributed by atoms with Gasteiger partial charge in [-0.15, -0.1) is 5.10 Å². The van der Waals surface area contributed by atoms with Crippen LogP contribution in [0.2, 0.25) is 5.15 Å². The van der Waals surface area contributed by atoms with Gasteiger partial charge < -0.3 is 21.3 Å². The van der Waals surface area contributed by atoms with Gasteiger partial charge in [-0.3, -0.25) is 9.59 Å². The van der Waals surface area contributed by atoms with Gasteiger partial charge >= 0.3 is 0 Å². The van der Waals surface area contributed by atoms with E-state index in [0.29, 0.717) is 34.0 Å². The Kier molecular flexibility index (Phi) is 6.23. The minimum atomic E-state index is -0.340. The van der Waals surface area contributed by atoms with E-state index in [1.807, 2.05) is 6.07 Å². The van der Waals surface area contributed by atoms with Gasteiger partial charge in [-0.1, -0.05) is 11.6 Å². The van der Waals surface area contributed by atoms with Crippen molar-refractivity contribution in [2.24, 2.45) is 0 Å². The van der Waals surface area contributed by atoms with Crippen molar-refractivity contribution in [1.82, 2.24) is 24.9 Å². The van der Waals surface area contributed by atoms with Gasteiger partial charge in [0, 0.05) is 43.0 Å². The molecule has 0 atom stereocenters. The largest absolute Gasteiger partial charge is 0.379 e. The zero-order valence-electron chi connectivity index (χ0n) is 18.8. The van der Waals surface area contributed by atoms with E-state index >= 15 is 0 Å². The first-order valence-corrected chi connectivity index (χ1v) is 11.9. The number of aromatic nitrogens is 4. The number of anilines is 3. The van der Waals surface area contributed by atoms with Crippen molar-refractivity contribution in [2.45, 2.75) is 63.6 Å². The second-order valence-corrected chi connectivity index (χ2v) is 9.34. The number of hydrogen-bond acceptors (Lipinski definition) is 7. The average Bonchev–Trinajstić information content (AvgIpc) is 3.50. The molecule has 0 spiro atoms. The molecule has 0 saturated heterocycles. The lowest BCUT2D eigenvalue weighted by Crippen LogP contribution is -2.39. The van der Waals surface area contributed by atoms with Crippen LogP contribution in [-0.4, -0.2) is 49.5 Å². The van der Waals surface area contributed by atoms with E-state index in [9.17, 15) is 9.59 Å². The Morgan fingerprint density at radius 1 is 1.00 bits per heavy atom. The maximum absolute atomic E-state index is 13.0. The molecule has 0 unspecified atom stereocenters. The van der Waals surface area contributed by atoms with Crippen LogP contribution in [0.1, 0.15) is 55.9 Å². The molecule has 2 aliphatic rings. The Balaban J connectivity index is 1.38. The highest BCUT2D eigenvalue weighted by molar-refractivity contribution is 6.29. The quantitative estimate of drug-likeness (QED) is 0.380. The Labute approximate surface area is 201 Å². The summed E-state index contributed by atoms with van der Waals surface area (Å²) in [4.78, 5) is 32.8. The van der Waals surface area contributed by atoms with Crippen LogP contribution in [0, 0.1) is 0 Å². The molecule has 3 aromatic rings. The zero-order valence-corrected chi connectivity index (χ0v) is 19.6. The summed E-state index contributed by atoms with van der Waals surface area (Å²) < 4.78 is 1.58. The molecule has 0 bridgehead atoms. The van der Waals surface area contributed by atoms with Crippen LogP contribution in [0.15, 0.2) is 30.6 Å². The van der Waals surface area contributed by atoms with Crippen LogP contribution in [0.4, 0.5) is 17.2 Å². The minimum Gasteiger partial charge on any atom is -0.379 e. The number of nitrogens with one attached hydrogen (secondary N) is 4. The first-order valence-electron chi connectivity index (χ1n) is 11.6. The molecule has 0 aliphatic heterocycles. The second kappa shape index (κ2) is 9.46. The normalized spacial score (nSPS) is 20.1. The number of nitrogens with zero attached hydrogens (tertiary/aromatic N) is 4. The molecule has 10 nitrogen and oxygen atoms in total. The highest BCUT2D eigenvalue weighted by Crippen LogP contribution is 2.30. The van der Waals surface area contributed by atoms with E-state index in [2.05, 4.69) is 31.2 Å². The fourth-order valence-electron chi connectivity index (χ4n) is 4.30. The fourth-order valence-corrected chi connectivity index (χ4v) is 4.48. The number of hydrogen-bond donors (Lipinski definition) is 4. The molecule has 5 rings (SSSR count). The zero-order chi connectivity index (χ0) is 23.7. The molecule has 34 heavy (non-hydrogen) atoms. The summed E-state index contributed by atoms with van der Waals surface area (Å²) in [7, 11) is 0. The molecular formula is C23H27ClN8O2. The molecule has 2 saturated carbocycles. The highest BCUT2D eigenvalue weighted by Gasteiger charge is 2.26. The highest BCUT2D eigenvalue weighted by atomic mass is 35.5. The third-order valence-electron chi connectivity index (χ3n) is 6.11. The number of carbonyl (C=O) groups is 2. The van der Waals surface area contributed by atoms with Gasteiger partial charge in [0.25, 0.3) is 5.91 Å². The fraction of sp³-hybridized carbons (Fsp3) is 0.435. The summed E-state index contributed by atoms with van der Waals surface area (Å²) in [6.45, 7) is 1.56. The molecule has 0 radical (unpaired) electrons. The van der Waals surface area contributed by atoms with Crippen molar-refractivity contribution in [2.75, 3.05) is 16.0 Å². The van der Waals surface area contributed by atoms with Gasteiger partial charge in [0.15, 0.2) is 11.3 Å². The van der Waals surface area contributed by atoms with Crippen LogP contribution in [0.5, 0.6) is 0 Å². The molecule has 4 N–H and O–H groups in total. The molecule has 2 fully saturated rings. The number of pyridine rings is 1. The van der Waals surface area contributed by atoms with Gasteiger partial charge in [0.05, 0.1) is 11.9 Å². The molecule has 2 aliphatic carbocycles. The maximum Gasteiger partial charge on any atom is 0.276 e. The predicted octanol–water partition coefficient (Wildman–Crippen LogP) is 3.46. The first-order chi connectivity index (χ1) is 16.4. The number of imidazole rings is 1. The van der Waals surface area contributed by atoms with Gasteiger partial charge in [-0.25, -0.2) is 14.5 Å². The van der Waals surface area contributed by atoms with Gasteiger partial charge in [-0.2, -0.15) is 0 Å². The predicted molar refractivity (Wildman–Crippen MR) is 130 cm³/mol. The Morgan fingerprint density at radius 2 is 1.71 bits per heavy atom. The third-order valence-corrected chi connectivity index (χ3v) is 6.31. The number of rotatable bonds is 7. The lowest BCUT2D eigenvalue weighted by atomic mass is 9.91. The van der Waals surface area contributed by atoms with E-state index in [0.717, 1.165) is 44.2 Å². The summed E-state index contributed by atoms with van der Waals surface area (Å²) in [5, 5.41) is 17.9. The van der Waals surface area contributed by atoms with E-state index < -0.39 is 0 Å². The Bertz CT molecular complexity index is 1220. The molecule has 2 amide bonds. The molecular weight excluding hydrogens is 456 g/mol. The summed E-state index contributed by atoms with van der Waals surface area (Å²) in [5.41, 5.74) is 2.31. The molecule has 3 aromatic heterocycles. The Morgan fingerprint density at radius 3 is 2.41 bits per heavy atom. The smallest absolute Gasteiger partial charge is 0.276 e. The van der Waals surface area contributed by atoms with Crippen LogP contribution in [-0.2, 0) is 4.79 Å². The topological polar surface area (TPSA) is 125 Å². The summed E-state index contributed by atoms with van der Waals surface area (Å²) in [6.07, 6.45) is 8.97. The lowest BCUT2D eigenvalue weighted by Gasteiger charge is -2.29. The van der Waals surface area contributed by atoms with Crippen LogP contribution in [0.3, 0.4) is 0 Å². The van der Waals surface area contributed by atoms with Crippen molar-refractivity contribution in [3.8, 4) is 0 Å². The number of amides is 2. The van der Waals surface area contributed by atoms with Crippen LogP contribution in [0.25, 0.3) is 5.65 Å². The number of halogens is 1. The number of carbonyl (C=O) groups excluding carboxylic acids is 2. The van der Waals surface area contributed by atoms with Gasteiger partial charge in [0.1, 0.15) is 11.0 Å². The molecule has 178 valence electrons. The SMILES string of the molecule is CC(=O)N[C@H]1CC[C@H](Nc2cc(NC3CC3)c3ncc(C(=O)Nc4ccnc(Cl)c4)n3n2)CC1. The monoisotopic (exact) mass is 482 g/mol. The van der Waals surface area contributed by atoms with E-state index in [1.165, 1.54) is 12.4 Å². The van der Waals surface area contributed by atoms with E-state index in [-0.39, 0.29) is 23.9 Å². The van der Waals surface area contributed by atoms with E-state index in [4.69, 9.17) is 16.7 Å². The van der Waals surface area contributed by atoms with E-state index in [1.54, 1.807) is 23.6 Å². The van der Waals surface area contributed by atoms with Crippen molar-refractivity contribution in [3.05, 3.63) is 41.4 Å². The van der Waals surface area contributed by atoms with Gasteiger partial charge in [0.2, 0.25) is 5.91 Å². The molecule has 3 heterocycles. The maximum atomic E-state index is 13.0. The summed E-state index contributed by atoms with van der Waals surface area (Å²) in [6, 6.07) is 6.10. The van der Waals surface area contributed by atoms with Crippen molar-refractivity contribution < 1.29 is 9.59 Å². The van der Waals surface area contributed by atoms with Crippen molar-refractivity contribution in [3.63, 3.8) is 0 Å². The summed E-state index contributed by atoms with van der Waals surface area (Å²) in [5.74, 6) is 0.351. The van der Waals surface area contributed by atoms with Crippen molar-refractivity contribution in [1.29, 1.82) is 0 Å². The standard InChI is InChI=1S/C23H27ClN8O2/c1-13(33)27-14-2-6-16(7-3-14)29-21-11-18(28-15-4-5-15)22-26-12-19(32(22)31-21)23(34)30-17-8-9-25-20(24)10-17/h8-12,14-16,28H,2-7H2,1H3,(H,27,33)(H,29,31)(H,25,30,34)/t14-,16-.